The van der Waals surface area contributed by atoms with Crippen molar-refractivity contribution in [1.82, 2.24) is 4.98 Å². The summed E-state index contributed by atoms with van der Waals surface area (Å²) < 4.78 is 12.1. The minimum absolute atomic E-state index is 0.404. The van der Waals surface area contributed by atoms with E-state index in [4.69, 9.17) is 28.9 Å². The van der Waals surface area contributed by atoms with E-state index < -0.39 is 16.5 Å². The first-order valence-electron chi connectivity index (χ1n) is 7.54. The van der Waals surface area contributed by atoms with Crippen molar-refractivity contribution in [3.8, 4) is 0 Å². The van der Waals surface area contributed by atoms with Gasteiger partial charge in [-0.25, -0.2) is 4.39 Å². The molecule has 1 unspecified atom stereocenters. The normalized spacial score (nSPS) is 13.2. The summed E-state index contributed by atoms with van der Waals surface area (Å²) in [7, 11) is 0. The van der Waals surface area contributed by atoms with E-state index in [1.54, 1.807) is 36.4 Å². The van der Waals surface area contributed by atoms with Crippen molar-refractivity contribution in [2.75, 3.05) is 0 Å². The number of halogens is 3. The van der Waals surface area contributed by atoms with Crippen LogP contribution < -0.4 is 5.73 Å². The van der Waals surface area contributed by atoms with Gasteiger partial charge in [0.15, 0.2) is 4.75 Å². The van der Waals surface area contributed by atoms with Crippen molar-refractivity contribution in [3.05, 3.63) is 94.0 Å². The summed E-state index contributed by atoms with van der Waals surface area (Å²) in [5, 5.41) is 1.01. The fraction of sp³-hybridized carbons (Fsp3) is 0.0526. The number of amides is 1. The lowest BCUT2D eigenvalue weighted by molar-refractivity contribution is -0.119. The minimum atomic E-state index is -1.36. The van der Waals surface area contributed by atoms with Crippen LogP contribution in [0.1, 0.15) is 11.3 Å². The predicted octanol–water partition coefficient (Wildman–Crippen LogP) is 5.05. The number of carbonyl (C=O) groups is 1. The molecule has 0 saturated heterocycles. The van der Waals surface area contributed by atoms with Crippen LogP contribution in [0.5, 0.6) is 0 Å². The van der Waals surface area contributed by atoms with Gasteiger partial charge in [-0.3, -0.25) is 9.78 Å². The van der Waals surface area contributed by atoms with Gasteiger partial charge in [0.05, 0.1) is 10.7 Å². The van der Waals surface area contributed by atoms with Crippen molar-refractivity contribution in [3.63, 3.8) is 0 Å². The lowest BCUT2D eigenvalue weighted by Gasteiger charge is -2.30. The Labute approximate surface area is 164 Å². The van der Waals surface area contributed by atoms with E-state index in [0.29, 0.717) is 21.3 Å². The van der Waals surface area contributed by atoms with Crippen LogP contribution in [0.15, 0.2) is 71.8 Å². The highest BCUT2D eigenvalue weighted by molar-refractivity contribution is 8.01. The van der Waals surface area contributed by atoms with E-state index in [1.807, 2.05) is 0 Å². The van der Waals surface area contributed by atoms with Crippen molar-refractivity contribution >= 4 is 40.9 Å². The van der Waals surface area contributed by atoms with Gasteiger partial charge in [-0.2, -0.15) is 0 Å². The van der Waals surface area contributed by atoms with E-state index >= 15 is 0 Å². The minimum Gasteiger partial charge on any atom is -0.368 e. The van der Waals surface area contributed by atoms with Gasteiger partial charge in [-0.15, -0.1) is 0 Å². The summed E-state index contributed by atoms with van der Waals surface area (Å²) in [6.45, 7) is 0. The zero-order valence-electron chi connectivity index (χ0n) is 13.3. The highest BCUT2D eigenvalue weighted by atomic mass is 35.5. The Hall–Kier alpha value is -2.08. The molecule has 26 heavy (non-hydrogen) atoms. The molecule has 3 nitrogen and oxygen atoms in total. The van der Waals surface area contributed by atoms with E-state index in [-0.39, 0.29) is 0 Å². The number of hydrogen-bond acceptors (Lipinski definition) is 3. The molecule has 0 bridgehead atoms. The molecule has 1 aromatic heterocycles. The second-order valence-electron chi connectivity index (χ2n) is 5.47. The molecular weight excluding hydrogens is 394 g/mol. The molecule has 1 amide bonds. The lowest BCUT2D eigenvalue weighted by Crippen LogP contribution is -2.40. The molecule has 0 radical (unpaired) electrons. The maximum absolute atomic E-state index is 13.4. The number of hydrogen-bond donors (Lipinski definition) is 1. The number of primary amides is 1. The molecule has 1 atom stereocenters. The van der Waals surface area contributed by atoms with Crippen LogP contribution in [0.25, 0.3) is 0 Å². The van der Waals surface area contributed by atoms with Crippen LogP contribution in [-0.2, 0) is 9.54 Å². The first-order chi connectivity index (χ1) is 12.4. The number of nitrogens with zero attached hydrogens (tertiary/aromatic N) is 1. The molecule has 3 aromatic rings. The molecule has 0 aliphatic rings. The quantitative estimate of drug-likeness (QED) is 0.603. The second kappa shape index (κ2) is 7.66. The van der Waals surface area contributed by atoms with Gasteiger partial charge in [0, 0.05) is 16.1 Å². The zero-order valence-corrected chi connectivity index (χ0v) is 15.7. The molecule has 1 heterocycles. The first-order valence-corrected chi connectivity index (χ1v) is 9.11. The monoisotopic (exact) mass is 406 g/mol. The summed E-state index contributed by atoms with van der Waals surface area (Å²) in [4.78, 5) is 17.7. The third-order valence-corrected chi connectivity index (χ3v) is 5.71. The summed E-state index contributed by atoms with van der Waals surface area (Å²) in [6.07, 6.45) is 1.44. The maximum atomic E-state index is 13.4. The molecule has 2 N–H and O–H groups in total. The number of pyridine rings is 1. The Balaban J connectivity index is 2.20. The summed E-state index contributed by atoms with van der Waals surface area (Å²) >= 11 is 13.1. The molecule has 0 aliphatic heterocycles. The van der Waals surface area contributed by atoms with Crippen molar-refractivity contribution in [2.45, 2.75) is 9.64 Å². The third-order valence-electron chi connectivity index (χ3n) is 3.77. The molecule has 0 aliphatic carbocycles. The summed E-state index contributed by atoms with van der Waals surface area (Å²) in [5.41, 5.74) is 6.76. The summed E-state index contributed by atoms with van der Waals surface area (Å²) in [6, 6.07) is 15.9. The zero-order chi connectivity index (χ0) is 18.7. The van der Waals surface area contributed by atoms with Gasteiger partial charge >= 0.3 is 0 Å². The fourth-order valence-electron chi connectivity index (χ4n) is 2.53. The van der Waals surface area contributed by atoms with Crippen LogP contribution in [-0.4, -0.2) is 10.9 Å². The van der Waals surface area contributed by atoms with Crippen LogP contribution in [0.4, 0.5) is 4.39 Å². The van der Waals surface area contributed by atoms with E-state index in [2.05, 4.69) is 4.98 Å². The van der Waals surface area contributed by atoms with Gasteiger partial charge in [0.1, 0.15) is 5.82 Å². The van der Waals surface area contributed by atoms with Gasteiger partial charge in [-0.1, -0.05) is 47.1 Å². The number of nitrogens with two attached hydrogens (primary N) is 1. The average Bonchev–Trinajstić information content (AvgIpc) is 2.63. The number of carbonyl (C=O) groups excluding carboxylic acids is 1. The third kappa shape index (κ3) is 3.70. The Kier molecular flexibility index (Phi) is 5.51. The van der Waals surface area contributed by atoms with E-state index in [0.717, 1.165) is 4.90 Å². The molecule has 3 rings (SSSR count). The average molecular weight is 407 g/mol. The lowest BCUT2D eigenvalue weighted by atomic mass is 9.93. The van der Waals surface area contributed by atoms with Gasteiger partial charge < -0.3 is 5.73 Å². The Morgan fingerprint density at radius 3 is 2.12 bits per heavy atom. The van der Waals surface area contributed by atoms with Crippen LogP contribution in [0, 0.1) is 5.82 Å². The van der Waals surface area contributed by atoms with E-state index in [9.17, 15) is 9.18 Å². The smallest absolute Gasteiger partial charge is 0.244 e. The number of benzene rings is 2. The Morgan fingerprint density at radius 2 is 1.58 bits per heavy atom. The molecule has 0 fully saturated rings. The Bertz CT molecular complexity index is 870. The molecule has 0 spiro atoms. The summed E-state index contributed by atoms with van der Waals surface area (Å²) in [5.74, 6) is -1.04. The molecule has 132 valence electrons. The number of aromatic nitrogens is 1. The standard InChI is InChI=1S/C19H13Cl2FN2OS/c20-13-3-8-16(9-4-13)26-19(18(23)25,12-1-6-15(22)7-2-12)17-10-5-14(21)11-24-17/h1-11H,(H2,23,25). The Morgan fingerprint density at radius 1 is 0.962 bits per heavy atom. The molecular formula is C19H13Cl2FN2OS. The topological polar surface area (TPSA) is 56.0 Å². The molecule has 2 aromatic carbocycles. The highest BCUT2D eigenvalue weighted by Gasteiger charge is 2.43. The van der Waals surface area contributed by atoms with Crippen molar-refractivity contribution in [1.29, 1.82) is 0 Å². The molecule has 0 saturated carbocycles. The second-order valence-corrected chi connectivity index (χ2v) is 7.63. The van der Waals surface area contributed by atoms with E-state index in [1.165, 1.54) is 42.2 Å². The predicted molar refractivity (Wildman–Crippen MR) is 103 cm³/mol. The SMILES string of the molecule is NC(=O)C(Sc1ccc(Cl)cc1)(c1ccc(F)cc1)c1ccc(Cl)cn1. The van der Waals surface area contributed by atoms with Crippen molar-refractivity contribution < 1.29 is 9.18 Å². The number of rotatable bonds is 5. The van der Waals surface area contributed by atoms with Gasteiger partial charge in [0.25, 0.3) is 0 Å². The van der Waals surface area contributed by atoms with Crippen LogP contribution >= 0.6 is 35.0 Å². The van der Waals surface area contributed by atoms with Crippen LogP contribution in [0.3, 0.4) is 0 Å². The fourth-order valence-corrected chi connectivity index (χ4v) is 3.97. The highest BCUT2D eigenvalue weighted by Crippen LogP contribution is 2.46. The van der Waals surface area contributed by atoms with Gasteiger partial charge in [0.2, 0.25) is 5.91 Å². The van der Waals surface area contributed by atoms with Crippen molar-refractivity contribution in [2.24, 2.45) is 5.73 Å². The molecule has 7 heteroatoms. The van der Waals surface area contributed by atoms with Crippen LogP contribution in [0.2, 0.25) is 10.0 Å². The van der Waals surface area contributed by atoms with Gasteiger partial charge in [-0.05, 0) is 54.1 Å². The first kappa shape index (κ1) is 18.7. The maximum Gasteiger partial charge on any atom is 0.244 e. The largest absolute Gasteiger partial charge is 0.368 e. The number of thioether (sulfide) groups is 1.